The lowest BCUT2D eigenvalue weighted by molar-refractivity contribution is -0.184. The van der Waals surface area contributed by atoms with Crippen molar-refractivity contribution in [2.24, 2.45) is 0 Å². The number of hydrogen-bond acceptors (Lipinski definition) is 6. The Bertz CT molecular complexity index is 1200. The molecular formula is C30H35F4NO6. The van der Waals surface area contributed by atoms with Crippen LogP contribution in [0.5, 0.6) is 0 Å². The number of hydrogen-bond donors (Lipinski definition) is 1. The molecule has 2 aromatic carbocycles. The zero-order valence-electron chi connectivity index (χ0n) is 23.0. The average molecular weight is 582 g/mol. The largest absolute Gasteiger partial charge is 0.416 e. The fourth-order valence-corrected chi connectivity index (χ4v) is 5.71. The molecule has 1 amide bonds. The summed E-state index contributed by atoms with van der Waals surface area (Å²) >= 11 is 0. The number of carbonyl (C=O) groups is 1. The van der Waals surface area contributed by atoms with Crippen LogP contribution in [-0.2, 0) is 47.9 Å². The Balaban J connectivity index is 1.38. The first-order valence-corrected chi connectivity index (χ1v) is 13.8. The van der Waals surface area contributed by atoms with Crippen molar-refractivity contribution in [3.05, 3.63) is 71.0 Å². The predicted octanol–water partition coefficient (Wildman–Crippen LogP) is 5.29. The van der Waals surface area contributed by atoms with Crippen LogP contribution in [0.1, 0.15) is 56.2 Å². The van der Waals surface area contributed by atoms with Crippen molar-refractivity contribution in [2.45, 2.75) is 94.7 Å². The Kier molecular flexibility index (Phi) is 8.73. The molecule has 2 aliphatic heterocycles. The highest BCUT2D eigenvalue weighted by atomic mass is 19.4. The van der Waals surface area contributed by atoms with Crippen LogP contribution in [0.2, 0.25) is 0 Å². The van der Waals surface area contributed by atoms with Crippen LogP contribution in [0, 0.1) is 5.82 Å². The molecule has 0 spiro atoms. The third-order valence-corrected chi connectivity index (χ3v) is 7.79. The van der Waals surface area contributed by atoms with E-state index in [4.69, 9.17) is 23.7 Å². The summed E-state index contributed by atoms with van der Waals surface area (Å²) in [6.45, 7) is 4.29. The molecule has 1 N–H and O–H groups in total. The number of alkyl halides is 3. The number of halogens is 4. The van der Waals surface area contributed by atoms with Crippen LogP contribution in [0.15, 0.2) is 48.5 Å². The van der Waals surface area contributed by atoms with E-state index in [1.54, 1.807) is 32.0 Å². The van der Waals surface area contributed by atoms with E-state index < -0.39 is 47.3 Å². The number of benzene rings is 2. The van der Waals surface area contributed by atoms with Crippen LogP contribution >= 0.6 is 0 Å². The molecule has 224 valence electrons. The first kappa shape index (κ1) is 29.9. The van der Waals surface area contributed by atoms with Gasteiger partial charge in [0.05, 0.1) is 37.1 Å². The molecule has 7 nitrogen and oxygen atoms in total. The first-order valence-electron chi connectivity index (χ1n) is 13.8. The third-order valence-electron chi connectivity index (χ3n) is 7.79. The van der Waals surface area contributed by atoms with Gasteiger partial charge in [-0.25, -0.2) is 4.39 Å². The molecule has 0 aromatic heterocycles. The molecule has 0 bridgehead atoms. The molecule has 2 heterocycles. The second-order valence-corrected chi connectivity index (χ2v) is 11.3. The molecule has 3 aliphatic rings. The molecular weight excluding hydrogens is 546 g/mol. The van der Waals surface area contributed by atoms with Crippen molar-refractivity contribution < 1.29 is 46.0 Å². The fourth-order valence-electron chi connectivity index (χ4n) is 5.71. The molecule has 1 saturated carbocycles. The van der Waals surface area contributed by atoms with Gasteiger partial charge in [-0.1, -0.05) is 30.3 Å². The Morgan fingerprint density at radius 1 is 1.05 bits per heavy atom. The molecule has 11 heteroatoms. The van der Waals surface area contributed by atoms with Gasteiger partial charge in [-0.15, -0.1) is 0 Å². The topological polar surface area (TPSA) is 75.3 Å². The van der Waals surface area contributed by atoms with Gasteiger partial charge < -0.3 is 29.0 Å². The summed E-state index contributed by atoms with van der Waals surface area (Å²) in [4.78, 5) is 13.8. The highest BCUT2D eigenvalue weighted by Crippen LogP contribution is 2.44. The average Bonchev–Trinajstić information content (AvgIpc) is 3.56. The second kappa shape index (κ2) is 12.0. The summed E-state index contributed by atoms with van der Waals surface area (Å²) < 4.78 is 84.0. The van der Waals surface area contributed by atoms with E-state index in [0.29, 0.717) is 24.3 Å². The van der Waals surface area contributed by atoms with Gasteiger partial charge >= 0.3 is 6.18 Å². The Morgan fingerprint density at radius 2 is 1.80 bits per heavy atom. The van der Waals surface area contributed by atoms with Crippen LogP contribution in [-0.4, -0.2) is 54.9 Å². The van der Waals surface area contributed by atoms with Gasteiger partial charge in [-0.2, -0.15) is 13.2 Å². The molecule has 3 fully saturated rings. The lowest BCUT2D eigenvalue weighted by Crippen LogP contribution is -2.60. The summed E-state index contributed by atoms with van der Waals surface area (Å²) in [6.07, 6.45) is -4.41. The molecule has 1 aliphatic carbocycles. The van der Waals surface area contributed by atoms with Crippen molar-refractivity contribution in [3.63, 3.8) is 0 Å². The summed E-state index contributed by atoms with van der Waals surface area (Å²) in [5.41, 5.74) is -1.38. The highest BCUT2D eigenvalue weighted by Gasteiger charge is 2.58. The lowest BCUT2D eigenvalue weighted by Gasteiger charge is -2.43. The van der Waals surface area contributed by atoms with Crippen LogP contribution in [0.25, 0.3) is 0 Å². The molecule has 2 aromatic rings. The number of rotatable bonds is 9. The summed E-state index contributed by atoms with van der Waals surface area (Å²) in [6, 6.07) is 10.9. The lowest BCUT2D eigenvalue weighted by atomic mass is 9.78. The van der Waals surface area contributed by atoms with Crippen LogP contribution in [0.3, 0.4) is 0 Å². The third kappa shape index (κ3) is 7.09. The van der Waals surface area contributed by atoms with E-state index in [2.05, 4.69) is 5.32 Å². The smallest absolute Gasteiger partial charge is 0.376 e. The maximum Gasteiger partial charge on any atom is 0.416 e. The van der Waals surface area contributed by atoms with Gasteiger partial charge in [0.2, 0.25) is 0 Å². The number of amides is 1. The summed E-state index contributed by atoms with van der Waals surface area (Å²) in [5.74, 6) is -1.80. The van der Waals surface area contributed by atoms with E-state index >= 15 is 0 Å². The maximum absolute atomic E-state index is 14.5. The number of carbonyl (C=O) groups excluding carboxylic acids is 1. The van der Waals surface area contributed by atoms with Crippen LogP contribution < -0.4 is 5.32 Å². The van der Waals surface area contributed by atoms with Gasteiger partial charge in [0, 0.05) is 31.6 Å². The maximum atomic E-state index is 14.5. The minimum Gasteiger partial charge on any atom is -0.376 e. The monoisotopic (exact) mass is 581 g/mol. The molecule has 2 unspecified atom stereocenters. The van der Waals surface area contributed by atoms with Crippen molar-refractivity contribution in [3.8, 4) is 0 Å². The van der Waals surface area contributed by atoms with E-state index in [1.807, 2.05) is 0 Å². The van der Waals surface area contributed by atoms with Gasteiger partial charge in [0.1, 0.15) is 11.9 Å². The minimum absolute atomic E-state index is 0.0171. The quantitative estimate of drug-likeness (QED) is 0.406. The second-order valence-electron chi connectivity index (χ2n) is 11.3. The summed E-state index contributed by atoms with van der Waals surface area (Å²) in [7, 11) is 0. The van der Waals surface area contributed by atoms with Crippen molar-refractivity contribution >= 4 is 5.91 Å². The Labute approximate surface area is 236 Å². The highest BCUT2D eigenvalue weighted by molar-refractivity contribution is 5.85. The minimum atomic E-state index is -4.44. The number of nitrogens with one attached hydrogen (secondary N) is 1. The molecule has 5 rings (SSSR count). The normalized spacial score (nSPS) is 29.3. The van der Waals surface area contributed by atoms with E-state index in [1.165, 1.54) is 18.2 Å². The molecule has 41 heavy (non-hydrogen) atoms. The molecule has 2 saturated heterocycles. The zero-order valence-corrected chi connectivity index (χ0v) is 23.0. The van der Waals surface area contributed by atoms with Gasteiger partial charge in [-0.05, 0) is 50.5 Å². The van der Waals surface area contributed by atoms with Crippen molar-refractivity contribution in [1.82, 2.24) is 5.32 Å². The van der Waals surface area contributed by atoms with Crippen molar-refractivity contribution in [2.75, 3.05) is 13.2 Å². The molecule has 5 atom stereocenters. The Hall–Kier alpha value is -2.57. The van der Waals surface area contributed by atoms with E-state index in [0.717, 1.165) is 25.0 Å². The van der Waals surface area contributed by atoms with E-state index in [-0.39, 0.29) is 38.1 Å². The van der Waals surface area contributed by atoms with Gasteiger partial charge in [0.15, 0.2) is 11.4 Å². The van der Waals surface area contributed by atoms with Crippen molar-refractivity contribution in [1.29, 1.82) is 0 Å². The van der Waals surface area contributed by atoms with E-state index in [9.17, 15) is 22.4 Å². The fraction of sp³-hybridized carbons (Fsp3) is 0.567. The van der Waals surface area contributed by atoms with Crippen LogP contribution in [0.4, 0.5) is 17.6 Å². The Morgan fingerprint density at radius 3 is 2.49 bits per heavy atom. The number of ether oxygens (including phenoxy) is 5. The zero-order chi connectivity index (χ0) is 29.3. The van der Waals surface area contributed by atoms with Gasteiger partial charge in [-0.3, -0.25) is 4.79 Å². The first-order chi connectivity index (χ1) is 19.4. The SMILES string of the molecule is CC1(C)O[C@@H]2C[C@@](OCc3ccccc3F)(C(=O)NCC3CCCO3)CC(OCc3ccc(C(F)(F)F)cc3)[C@@H]2O1. The standard InChI is InChI=1S/C30H35F4NO6/c1-28(2)40-25-15-29(27(36)35-16-22-7-5-13-37-22,39-18-20-6-3-4-8-23(20)31)14-24(26(25)41-28)38-17-19-9-11-21(12-10-19)30(32,33)34/h3-4,6,8-12,22,24-26H,5,7,13-18H2,1-2H3,(H,35,36)/t22?,24?,25-,26+,29-/m1/s1. The molecule has 0 radical (unpaired) electrons. The predicted molar refractivity (Wildman–Crippen MR) is 139 cm³/mol. The summed E-state index contributed by atoms with van der Waals surface area (Å²) in [5, 5.41) is 2.96. The number of fused-ring (bicyclic) bond motifs is 1. The van der Waals surface area contributed by atoms with Gasteiger partial charge in [0.25, 0.3) is 5.91 Å².